The molecule has 2 atom stereocenters. The van der Waals surface area contributed by atoms with E-state index >= 15 is 0 Å². The van der Waals surface area contributed by atoms with E-state index in [0.29, 0.717) is 44.6 Å². The summed E-state index contributed by atoms with van der Waals surface area (Å²) in [6.45, 7) is 9.59. The summed E-state index contributed by atoms with van der Waals surface area (Å²) in [6.07, 6.45) is 1.16. The van der Waals surface area contributed by atoms with Crippen LogP contribution in [0.5, 0.6) is 0 Å². The van der Waals surface area contributed by atoms with Gasteiger partial charge in [0.25, 0.3) is 0 Å². The third-order valence-electron chi connectivity index (χ3n) is 8.15. The number of nitrogens with zero attached hydrogens (tertiary/aromatic N) is 3. The molecule has 2 amide bonds. The van der Waals surface area contributed by atoms with E-state index in [9.17, 15) is 18.4 Å². The van der Waals surface area contributed by atoms with Crippen molar-refractivity contribution in [2.45, 2.75) is 77.9 Å². The Morgan fingerprint density at radius 2 is 1.21 bits per heavy atom. The molecule has 8 heteroatoms. The molecule has 1 unspecified atom stereocenters. The van der Waals surface area contributed by atoms with Crippen LogP contribution in [0.2, 0.25) is 0 Å². The fraction of sp³-hybridized carbons (Fsp3) is 0.350. The normalized spacial score (nSPS) is 12.7. The molecule has 0 aliphatic carbocycles. The Kier molecular flexibility index (Phi) is 13.3. The second-order valence-corrected chi connectivity index (χ2v) is 13.3. The Hall–Kier alpha value is -4.56. The molecule has 0 radical (unpaired) electrons. The molecule has 254 valence electrons. The van der Waals surface area contributed by atoms with Gasteiger partial charge >= 0.3 is 6.09 Å². The standard InChI is InChI=1S/C40H47F2N3O3/c1-31(45(39(47)48-40(2,3)4)21-20-43(30-46)27-32-14-8-5-9-15-32)22-38(25-35-23-36(41)26-37(42)24-35)44(28-33-16-10-6-11-17-33)29-34-18-12-7-13-19-34/h5-19,23-24,26,30-31,38H,20-22,25,27-29H2,1-4H3/t31-,38?/m1/s1. The van der Waals surface area contributed by atoms with Gasteiger partial charge in [0.15, 0.2) is 0 Å². The zero-order chi connectivity index (χ0) is 34.5. The summed E-state index contributed by atoms with van der Waals surface area (Å²) in [7, 11) is 0. The minimum Gasteiger partial charge on any atom is -0.444 e. The maximum Gasteiger partial charge on any atom is 0.410 e. The monoisotopic (exact) mass is 655 g/mol. The summed E-state index contributed by atoms with van der Waals surface area (Å²) in [4.78, 5) is 31.4. The molecule has 4 rings (SSSR count). The summed E-state index contributed by atoms with van der Waals surface area (Å²) < 4.78 is 34.7. The van der Waals surface area contributed by atoms with Crippen molar-refractivity contribution in [3.8, 4) is 0 Å². The van der Waals surface area contributed by atoms with Gasteiger partial charge in [-0.1, -0.05) is 91.0 Å². The maximum atomic E-state index is 14.4. The molecule has 0 N–H and O–H groups in total. The molecule has 0 heterocycles. The number of benzene rings is 4. The van der Waals surface area contributed by atoms with Crippen molar-refractivity contribution in [1.29, 1.82) is 0 Å². The van der Waals surface area contributed by atoms with Crippen LogP contribution in [0.3, 0.4) is 0 Å². The third kappa shape index (κ3) is 11.9. The van der Waals surface area contributed by atoms with E-state index in [0.717, 1.165) is 29.2 Å². The lowest BCUT2D eigenvalue weighted by Crippen LogP contribution is -2.48. The molecule has 0 spiro atoms. The molecule has 4 aromatic carbocycles. The van der Waals surface area contributed by atoms with Crippen LogP contribution in [-0.2, 0) is 35.6 Å². The van der Waals surface area contributed by atoms with Gasteiger partial charge in [-0.3, -0.25) is 9.69 Å². The largest absolute Gasteiger partial charge is 0.444 e. The number of halogens is 2. The lowest BCUT2D eigenvalue weighted by atomic mass is 9.96. The highest BCUT2D eigenvalue weighted by Gasteiger charge is 2.30. The summed E-state index contributed by atoms with van der Waals surface area (Å²) in [6, 6.07) is 32.9. The Bertz CT molecular complexity index is 1500. The average Bonchev–Trinajstić information content (AvgIpc) is 3.04. The van der Waals surface area contributed by atoms with Crippen LogP contribution in [0.15, 0.2) is 109 Å². The maximum absolute atomic E-state index is 14.4. The van der Waals surface area contributed by atoms with Crippen molar-refractivity contribution in [3.05, 3.63) is 143 Å². The van der Waals surface area contributed by atoms with E-state index in [-0.39, 0.29) is 18.6 Å². The van der Waals surface area contributed by atoms with Crippen molar-refractivity contribution in [2.24, 2.45) is 0 Å². The van der Waals surface area contributed by atoms with Crippen molar-refractivity contribution in [2.75, 3.05) is 13.1 Å². The van der Waals surface area contributed by atoms with E-state index in [4.69, 9.17) is 4.74 Å². The molecular formula is C40H47F2N3O3. The Labute approximate surface area is 283 Å². The number of hydrogen-bond acceptors (Lipinski definition) is 4. The molecular weight excluding hydrogens is 608 g/mol. The Balaban J connectivity index is 1.65. The van der Waals surface area contributed by atoms with Gasteiger partial charge in [-0.2, -0.15) is 0 Å². The van der Waals surface area contributed by atoms with E-state index in [1.54, 1.807) is 9.80 Å². The highest BCUT2D eigenvalue weighted by Crippen LogP contribution is 2.24. The Morgan fingerprint density at radius 1 is 0.729 bits per heavy atom. The van der Waals surface area contributed by atoms with Crippen molar-refractivity contribution in [3.63, 3.8) is 0 Å². The topological polar surface area (TPSA) is 53.1 Å². The second-order valence-electron chi connectivity index (χ2n) is 13.3. The van der Waals surface area contributed by atoms with Gasteiger partial charge in [-0.25, -0.2) is 13.6 Å². The van der Waals surface area contributed by atoms with Gasteiger partial charge in [0, 0.05) is 50.9 Å². The minimum absolute atomic E-state index is 0.224. The van der Waals surface area contributed by atoms with Gasteiger partial charge in [0.2, 0.25) is 6.41 Å². The summed E-state index contributed by atoms with van der Waals surface area (Å²) in [5.41, 5.74) is 3.00. The second kappa shape index (κ2) is 17.6. The van der Waals surface area contributed by atoms with E-state index in [1.165, 1.54) is 12.1 Å². The van der Waals surface area contributed by atoms with Crippen molar-refractivity contribution >= 4 is 12.5 Å². The first-order chi connectivity index (χ1) is 23.0. The first kappa shape index (κ1) is 36.3. The first-order valence-electron chi connectivity index (χ1n) is 16.5. The molecule has 0 aliphatic rings. The predicted molar refractivity (Wildman–Crippen MR) is 186 cm³/mol. The van der Waals surface area contributed by atoms with Crippen molar-refractivity contribution in [1.82, 2.24) is 14.7 Å². The fourth-order valence-corrected chi connectivity index (χ4v) is 5.87. The van der Waals surface area contributed by atoms with Crippen LogP contribution in [-0.4, -0.2) is 58.0 Å². The first-order valence-corrected chi connectivity index (χ1v) is 16.5. The summed E-state index contributed by atoms with van der Waals surface area (Å²) in [5.74, 6) is -1.26. The van der Waals surface area contributed by atoms with E-state index in [1.807, 2.05) is 94.4 Å². The smallest absolute Gasteiger partial charge is 0.410 e. The number of carbonyl (C=O) groups excluding carboxylic acids is 2. The molecule has 4 aromatic rings. The average molecular weight is 656 g/mol. The quantitative estimate of drug-likeness (QED) is 0.114. The zero-order valence-electron chi connectivity index (χ0n) is 28.4. The summed E-state index contributed by atoms with van der Waals surface area (Å²) in [5, 5.41) is 0. The number of ether oxygens (including phenoxy) is 1. The van der Waals surface area contributed by atoms with E-state index in [2.05, 4.69) is 29.2 Å². The highest BCUT2D eigenvalue weighted by molar-refractivity contribution is 5.68. The highest BCUT2D eigenvalue weighted by atomic mass is 19.1. The van der Waals surface area contributed by atoms with Gasteiger partial charge in [-0.05, 0) is 74.9 Å². The molecule has 0 aromatic heterocycles. The Morgan fingerprint density at radius 3 is 1.67 bits per heavy atom. The summed E-state index contributed by atoms with van der Waals surface area (Å²) >= 11 is 0. The number of hydrogen-bond donors (Lipinski definition) is 0. The lowest BCUT2D eigenvalue weighted by molar-refractivity contribution is -0.119. The predicted octanol–water partition coefficient (Wildman–Crippen LogP) is 8.25. The molecule has 0 aliphatic heterocycles. The number of rotatable bonds is 16. The van der Waals surface area contributed by atoms with Crippen LogP contribution in [0.1, 0.15) is 56.4 Å². The molecule has 0 fully saturated rings. The van der Waals surface area contributed by atoms with Crippen LogP contribution in [0, 0.1) is 11.6 Å². The van der Waals surface area contributed by atoms with Crippen LogP contribution in [0.4, 0.5) is 13.6 Å². The fourth-order valence-electron chi connectivity index (χ4n) is 5.87. The molecule has 6 nitrogen and oxygen atoms in total. The van der Waals surface area contributed by atoms with Crippen LogP contribution >= 0.6 is 0 Å². The van der Waals surface area contributed by atoms with E-state index < -0.39 is 23.3 Å². The van der Waals surface area contributed by atoms with Gasteiger partial charge in [-0.15, -0.1) is 0 Å². The SMILES string of the molecule is C[C@H](CC(Cc1cc(F)cc(F)c1)N(Cc1ccccc1)Cc1ccccc1)N(CCN(C=O)Cc1ccccc1)C(=O)OC(C)(C)C. The number of amides is 2. The van der Waals surface area contributed by atoms with Crippen LogP contribution in [0.25, 0.3) is 0 Å². The minimum atomic E-state index is -0.728. The number of carbonyl (C=O) groups is 2. The molecule has 0 saturated heterocycles. The molecule has 0 saturated carbocycles. The van der Waals surface area contributed by atoms with Crippen molar-refractivity contribution < 1.29 is 23.1 Å². The third-order valence-corrected chi connectivity index (χ3v) is 8.15. The zero-order valence-corrected chi connectivity index (χ0v) is 28.4. The lowest BCUT2D eigenvalue weighted by Gasteiger charge is -2.38. The van der Waals surface area contributed by atoms with Gasteiger partial charge in [0.05, 0.1) is 0 Å². The van der Waals surface area contributed by atoms with Gasteiger partial charge in [0.1, 0.15) is 17.2 Å². The van der Waals surface area contributed by atoms with Gasteiger partial charge < -0.3 is 14.5 Å². The molecule has 0 bridgehead atoms. The molecule has 48 heavy (non-hydrogen) atoms. The van der Waals surface area contributed by atoms with Crippen LogP contribution < -0.4 is 0 Å².